The summed E-state index contributed by atoms with van der Waals surface area (Å²) in [7, 11) is 1.38. The number of nitrogens with zero attached hydrogens (tertiary/aromatic N) is 3. The molecule has 2 rings (SSSR count). The van der Waals surface area contributed by atoms with E-state index in [4.69, 9.17) is 0 Å². The third-order valence-electron chi connectivity index (χ3n) is 2.83. The molecule has 0 spiro atoms. The van der Waals surface area contributed by atoms with Gasteiger partial charge in [0.05, 0.1) is 11.2 Å². The van der Waals surface area contributed by atoms with E-state index in [9.17, 15) is 13.8 Å². The molecule has 0 aliphatic carbocycles. The van der Waals surface area contributed by atoms with Crippen molar-refractivity contribution < 1.29 is 13.8 Å². The second-order valence-electron chi connectivity index (χ2n) is 5.45. The average molecular weight is 295 g/mol. The van der Waals surface area contributed by atoms with Crippen molar-refractivity contribution in [2.75, 3.05) is 11.4 Å². The van der Waals surface area contributed by atoms with Crippen LogP contribution in [0.5, 0.6) is 0 Å². The Labute approximate surface area is 120 Å². The van der Waals surface area contributed by atoms with Crippen molar-refractivity contribution in [1.29, 1.82) is 0 Å². The van der Waals surface area contributed by atoms with Crippen LogP contribution in [0.2, 0.25) is 0 Å². The van der Waals surface area contributed by atoms with E-state index in [-0.39, 0.29) is 0 Å². The van der Waals surface area contributed by atoms with Gasteiger partial charge in [-0.2, -0.15) is 4.31 Å². The lowest BCUT2D eigenvalue weighted by molar-refractivity contribution is 0.162. The Bertz CT molecular complexity index is 568. The maximum absolute atomic E-state index is 12.6. The summed E-state index contributed by atoms with van der Waals surface area (Å²) in [6, 6.07) is 7.50. The Morgan fingerprint density at radius 2 is 1.55 bits per heavy atom. The summed E-state index contributed by atoms with van der Waals surface area (Å²) in [5, 5.41) is 0. The van der Waals surface area contributed by atoms with Crippen molar-refractivity contribution in [2.24, 2.45) is 0 Å². The number of hydrogen-bond acceptors (Lipinski definition) is 3. The van der Waals surface area contributed by atoms with Gasteiger partial charge in [-0.3, -0.25) is 0 Å². The van der Waals surface area contributed by atoms with E-state index in [1.807, 2.05) is 0 Å². The molecule has 1 atom stereocenters. The predicted octanol–water partition coefficient (Wildman–Crippen LogP) is 2.36. The van der Waals surface area contributed by atoms with Gasteiger partial charge in [-0.15, -0.1) is 0 Å². The number of imide groups is 1. The van der Waals surface area contributed by atoms with Gasteiger partial charge in [0, 0.05) is 7.05 Å². The van der Waals surface area contributed by atoms with E-state index in [1.165, 1.54) is 11.4 Å². The quantitative estimate of drug-likeness (QED) is 0.799. The number of benzene rings is 1. The smallest absolute Gasteiger partial charge is 0.247 e. The molecule has 1 aliphatic rings. The van der Waals surface area contributed by atoms with E-state index < -0.39 is 28.8 Å². The molecule has 0 N–H and O–H groups in total. The maximum atomic E-state index is 12.6. The van der Waals surface area contributed by atoms with E-state index in [0.29, 0.717) is 5.69 Å². The Kier molecular flexibility index (Phi) is 3.56. The van der Waals surface area contributed by atoms with Gasteiger partial charge in [-0.25, -0.2) is 23.0 Å². The van der Waals surface area contributed by atoms with Crippen LogP contribution in [0.15, 0.2) is 30.3 Å². The number of amides is 4. The molecule has 7 heteroatoms. The summed E-state index contributed by atoms with van der Waals surface area (Å²) in [5.41, 5.74) is -0.173. The number of hydrogen-bond donors (Lipinski definition) is 0. The molecule has 1 unspecified atom stereocenters. The number of carbonyl (C=O) groups is 2. The van der Waals surface area contributed by atoms with Crippen LogP contribution in [0.25, 0.3) is 0 Å². The van der Waals surface area contributed by atoms with Gasteiger partial charge >= 0.3 is 12.1 Å². The van der Waals surface area contributed by atoms with Gasteiger partial charge in [0.15, 0.2) is 0 Å². The van der Waals surface area contributed by atoms with Crippen LogP contribution >= 0.6 is 0 Å². The van der Waals surface area contributed by atoms with Crippen LogP contribution in [0.4, 0.5) is 15.3 Å². The topological polar surface area (TPSA) is 60.9 Å². The lowest BCUT2D eigenvalue weighted by atomic mass is 10.1. The van der Waals surface area contributed by atoms with Crippen LogP contribution in [-0.4, -0.2) is 38.1 Å². The highest BCUT2D eigenvalue weighted by atomic mass is 32.2. The predicted molar refractivity (Wildman–Crippen MR) is 77.2 cm³/mol. The van der Waals surface area contributed by atoms with Crippen LogP contribution in [0.3, 0.4) is 0 Å². The van der Waals surface area contributed by atoms with Crippen LogP contribution in [0.1, 0.15) is 20.8 Å². The van der Waals surface area contributed by atoms with Crippen molar-refractivity contribution in [2.45, 2.75) is 26.3 Å². The molecule has 0 radical (unpaired) electrons. The van der Waals surface area contributed by atoms with Crippen molar-refractivity contribution in [1.82, 2.24) is 9.21 Å². The highest BCUT2D eigenvalue weighted by Gasteiger charge is 2.46. The third kappa shape index (κ3) is 2.29. The minimum Gasteiger partial charge on any atom is -0.247 e. The molecular formula is C13H17N3O3S. The first-order chi connectivity index (χ1) is 9.25. The molecule has 1 aromatic carbocycles. The van der Waals surface area contributed by atoms with E-state index in [2.05, 4.69) is 0 Å². The van der Waals surface area contributed by atoms with Crippen LogP contribution in [-0.2, 0) is 11.2 Å². The zero-order valence-electron chi connectivity index (χ0n) is 11.9. The summed E-state index contributed by atoms with van der Waals surface area (Å²) in [6.07, 6.45) is 0. The highest BCUT2D eigenvalue weighted by molar-refractivity contribution is 7.85. The minimum atomic E-state index is -1.89. The fraction of sp³-hybridized carbons (Fsp3) is 0.385. The normalized spacial score (nSPS) is 20.6. The highest BCUT2D eigenvalue weighted by Crippen LogP contribution is 2.29. The number of urea groups is 2. The molecule has 0 aromatic heterocycles. The standard InChI is InChI=1S/C13H17N3O3S/c1-13(2,3)16-12(18)14(4)11(17)15(20(16)19)10-8-6-5-7-9-10/h5-9H,1-4H3. The van der Waals surface area contributed by atoms with Gasteiger partial charge in [0.25, 0.3) is 0 Å². The molecular weight excluding hydrogens is 278 g/mol. The van der Waals surface area contributed by atoms with Gasteiger partial charge < -0.3 is 0 Å². The molecule has 20 heavy (non-hydrogen) atoms. The van der Waals surface area contributed by atoms with Crippen molar-refractivity contribution in [3.63, 3.8) is 0 Å². The Hall–Kier alpha value is -1.89. The fourth-order valence-corrected chi connectivity index (χ4v) is 3.30. The molecule has 0 saturated carbocycles. The first kappa shape index (κ1) is 14.5. The van der Waals surface area contributed by atoms with Crippen LogP contribution < -0.4 is 4.31 Å². The number of anilines is 1. The second kappa shape index (κ2) is 4.90. The Morgan fingerprint density at radius 3 is 2.05 bits per heavy atom. The third-order valence-corrected chi connectivity index (χ3v) is 4.53. The lowest BCUT2D eigenvalue weighted by Crippen LogP contribution is -2.64. The maximum Gasteiger partial charge on any atom is 0.345 e. The van der Waals surface area contributed by atoms with E-state index in [1.54, 1.807) is 51.1 Å². The molecule has 108 valence electrons. The van der Waals surface area contributed by atoms with Gasteiger partial charge in [-0.1, -0.05) is 18.2 Å². The Morgan fingerprint density at radius 1 is 1.00 bits per heavy atom. The number of carbonyl (C=O) groups excluding carboxylic acids is 2. The molecule has 1 heterocycles. The number of rotatable bonds is 1. The van der Waals surface area contributed by atoms with Crippen LogP contribution in [0, 0.1) is 0 Å². The lowest BCUT2D eigenvalue weighted by Gasteiger charge is -2.43. The summed E-state index contributed by atoms with van der Waals surface area (Å²) in [6.45, 7) is 5.32. The zero-order chi connectivity index (χ0) is 15.1. The molecule has 1 aromatic rings. The van der Waals surface area contributed by atoms with Crippen molar-refractivity contribution >= 4 is 28.9 Å². The first-order valence-electron chi connectivity index (χ1n) is 6.14. The molecule has 1 aliphatic heterocycles. The average Bonchev–Trinajstić information content (AvgIpc) is 2.36. The van der Waals surface area contributed by atoms with E-state index in [0.717, 1.165) is 9.21 Å². The molecule has 1 saturated heterocycles. The monoisotopic (exact) mass is 295 g/mol. The molecule has 1 fully saturated rings. The summed E-state index contributed by atoms with van der Waals surface area (Å²) in [4.78, 5) is 25.4. The zero-order valence-corrected chi connectivity index (χ0v) is 12.7. The van der Waals surface area contributed by atoms with Gasteiger partial charge in [-0.05, 0) is 32.9 Å². The van der Waals surface area contributed by atoms with Crippen molar-refractivity contribution in [3.8, 4) is 0 Å². The Balaban J connectivity index is 2.50. The number of para-hydroxylation sites is 1. The second-order valence-corrected chi connectivity index (χ2v) is 6.64. The van der Waals surface area contributed by atoms with Crippen molar-refractivity contribution in [3.05, 3.63) is 30.3 Å². The fourth-order valence-electron chi connectivity index (χ4n) is 1.85. The van der Waals surface area contributed by atoms with Gasteiger partial charge in [0.1, 0.15) is 0 Å². The summed E-state index contributed by atoms with van der Waals surface area (Å²) < 4.78 is 14.9. The molecule has 6 nitrogen and oxygen atoms in total. The first-order valence-corrected chi connectivity index (χ1v) is 7.20. The summed E-state index contributed by atoms with van der Waals surface area (Å²) >= 11 is -1.89. The largest absolute Gasteiger partial charge is 0.345 e. The van der Waals surface area contributed by atoms with E-state index >= 15 is 0 Å². The SMILES string of the molecule is CN1C(=O)N(c2ccccc2)S(=O)N(C(C)(C)C)C1=O. The minimum absolute atomic E-state index is 0.490. The summed E-state index contributed by atoms with van der Waals surface area (Å²) in [5.74, 6) is 0. The van der Waals surface area contributed by atoms with Gasteiger partial charge in [0.2, 0.25) is 11.2 Å². The molecule has 4 amide bonds. The molecule has 0 bridgehead atoms.